The summed E-state index contributed by atoms with van der Waals surface area (Å²) in [5, 5.41) is 5.93. The smallest absolute Gasteiger partial charge is 0.314 e. The molecular weight excluding hydrogens is 334 g/mol. The highest BCUT2D eigenvalue weighted by Crippen LogP contribution is 2.15. The number of carbonyl (C=O) groups is 1. The van der Waals surface area contributed by atoms with Gasteiger partial charge in [-0.3, -0.25) is 4.90 Å². The van der Waals surface area contributed by atoms with Crippen molar-refractivity contribution < 1.29 is 9.53 Å². The number of ether oxygens (including phenoxy) is 1. The first-order chi connectivity index (χ1) is 12.0. The molecule has 2 amide bonds. The summed E-state index contributed by atoms with van der Waals surface area (Å²) in [6.45, 7) is 11.1. The largest absolute Gasteiger partial charge is 0.379 e. The van der Waals surface area contributed by atoms with Crippen molar-refractivity contribution in [3.8, 4) is 0 Å². The van der Waals surface area contributed by atoms with Crippen molar-refractivity contribution >= 4 is 17.8 Å². The molecule has 1 aliphatic rings. The zero-order chi connectivity index (χ0) is 18.1. The van der Waals surface area contributed by atoms with Gasteiger partial charge in [0, 0.05) is 43.2 Å². The van der Waals surface area contributed by atoms with Crippen LogP contribution in [0.25, 0.3) is 0 Å². The van der Waals surface area contributed by atoms with Crippen molar-refractivity contribution in [3.05, 3.63) is 35.4 Å². The molecule has 1 aromatic rings. The van der Waals surface area contributed by atoms with E-state index in [9.17, 15) is 4.79 Å². The Bertz CT molecular complexity index is 528. The van der Waals surface area contributed by atoms with Gasteiger partial charge in [-0.15, -0.1) is 0 Å². The quantitative estimate of drug-likeness (QED) is 0.696. The number of aryl methyl sites for hydroxylation is 1. The lowest BCUT2D eigenvalue weighted by Gasteiger charge is -2.40. The van der Waals surface area contributed by atoms with E-state index in [0.717, 1.165) is 37.8 Å². The maximum atomic E-state index is 12.0. The molecule has 0 aliphatic carbocycles. The molecule has 1 saturated heterocycles. The summed E-state index contributed by atoms with van der Waals surface area (Å²) in [7, 11) is 0. The third kappa shape index (κ3) is 7.26. The van der Waals surface area contributed by atoms with Crippen LogP contribution in [-0.4, -0.2) is 61.6 Å². The molecule has 0 radical (unpaired) electrons. The Morgan fingerprint density at radius 1 is 1.20 bits per heavy atom. The van der Waals surface area contributed by atoms with Crippen molar-refractivity contribution in [3.63, 3.8) is 0 Å². The molecule has 5 nitrogen and oxygen atoms in total. The van der Waals surface area contributed by atoms with Crippen molar-refractivity contribution in [2.24, 2.45) is 0 Å². The lowest BCUT2D eigenvalue weighted by atomic mass is 10.0. The number of nitrogens with one attached hydrogen (secondary N) is 2. The number of benzene rings is 1. The standard InChI is InChI=1S/C19H31N3O2S/c1-16-4-6-17(7-5-16)14-25-13-8-20-18(23)21-15-19(2,3)22-9-11-24-12-10-22/h4-7H,8-15H2,1-3H3,(H2,20,21,23). The van der Waals surface area contributed by atoms with Gasteiger partial charge in [-0.05, 0) is 26.3 Å². The lowest BCUT2D eigenvalue weighted by molar-refractivity contribution is -0.00874. The first-order valence-electron chi connectivity index (χ1n) is 8.95. The molecule has 1 aliphatic heterocycles. The highest BCUT2D eigenvalue weighted by Gasteiger charge is 2.28. The molecule has 0 bridgehead atoms. The number of hydrogen-bond donors (Lipinski definition) is 2. The molecule has 1 heterocycles. The summed E-state index contributed by atoms with van der Waals surface area (Å²) in [6, 6.07) is 8.51. The van der Waals surface area contributed by atoms with E-state index in [1.165, 1.54) is 11.1 Å². The number of thioether (sulfide) groups is 1. The summed E-state index contributed by atoms with van der Waals surface area (Å²) >= 11 is 1.84. The van der Waals surface area contributed by atoms with E-state index < -0.39 is 0 Å². The van der Waals surface area contributed by atoms with Gasteiger partial charge in [0.15, 0.2) is 0 Å². The summed E-state index contributed by atoms with van der Waals surface area (Å²) in [6.07, 6.45) is 0. The molecule has 0 atom stereocenters. The maximum absolute atomic E-state index is 12.0. The molecule has 1 fully saturated rings. The molecule has 2 N–H and O–H groups in total. The maximum Gasteiger partial charge on any atom is 0.314 e. The summed E-state index contributed by atoms with van der Waals surface area (Å²) in [5.41, 5.74) is 2.56. The monoisotopic (exact) mass is 365 g/mol. The second-order valence-electron chi connectivity index (χ2n) is 7.06. The van der Waals surface area contributed by atoms with Crippen LogP contribution in [0.1, 0.15) is 25.0 Å². The molecule has 0 spiro atoms. The molecule has 25 heavy (non-hydrogen) atoms. The van der Waals surface area contributed by atoms with Crippen LogP contribution in [0.3, 0.4) is 0 Å². The van der Waals surface area contributed by atoms with Gasteiger partial charge in [0.2, 0.25) is 0 Å². The van der Waals surface area contributed by atoms with Gasteiger partial charge in [0.1, 0.15) is 0 Å². The van der Waals surface area contributed by atoms with Crippen molar-refractivity contribution in [2.75, 3.05) is 45.1 Å². The van der Waals surface area contributed by atoms with Crippen LogP contribution in [0.15, 0.2) is 24.3 Å². The van der Waals surface area contributed by atoms with E-state index in [-0.39, 0.29) is 11.6 Å². The van der Waals surface area contributed by atoms with Crippen LogP contribution < -0.4 is 10.6 Å². The zero-order valence-electron chi connectivity index (χ0n) is 15.6. The molecule has 0 unspecified atom stereocenters. The first-order valence-corrected chi connectivity index (χ1v) is 10.1. The number of hydrogen-bond acceptors (Lipinski definition) is 4. The van der Waals surface area contributed by atoms with Crippen molar-refractivity contribution in [1.82, 2.24) is 15.5 Å². The number of rotatable bonds is 8. The Morgan fingerprint density at radius 2 is 1.88 bits per heavy atom. The predicted octanol–water partition coefficient (Wildman–Crippen LogP) is 2.64. The topological polar surface area (TPSA) is 53.6 Å². The number of carbonyl (C=O) groups excluding carboxylic acids is 1. The fraction of sp³-hybridized carbons (Fsp3) is 0.632. The van der Waals surface area contributed by atoms with Gasteiger partial charge >= 0.3 is 6.03 Å². The number of amides is 2. The van der Waals surface area contributed by atoms with Gasteiger partial charge < -0.3 is 15.4 Å². The number of urea groups is 1. The van der Waals surface area contributed by atoms with Crippen LogP contribution in [0.4, 0.5) is 4.79 Å². The molecule has 1 aromatic carbocycles. The minimum atomic E-state index is -0.0859. The van der Waals surface area contributed by atoms with E-state index >= 15 is 0 Å². The normalized spacial score (nSPS) is 15.8. The van der Waals surface area contributed by atoms with E-state index in [1.54, 1.807) is 0 Å². The first kappa shape index (κ1) is 20.1. The van der Waals surface area contributed by atoms with Crippen molar-refractivity contribution in [2.45, 2.75) is 32.1 Å². The Balaban J connectivity index is 1.56. The molecule has 6 heteroatoms. The lowest BCUT2D eigenvalue weighted by Crippen LogP contribution is -2.56. The van der Waals surface area contributed by atoms with Gasteiger partial charge in [-0.25, -0.2) is 4.79 Å². The fourth-order valence-corrected chi connectivity index (χ4v) is 3.57. The van der Waals surface area contributed by atoms with Gasteiger partial charge in [-0.1, -0.05) is 29.8 Å². The minimum absolute atomic E-state index is 0.0543. The minimum Gasteiger partial charge on any atom is -0.379 e. The fourth-order valence-electron chi connectivity index (χ4n) is 2.75. The molecule has 2 rings (SSSR count). The highest BCUT2D eigenvalue weighted by atomic mass is 32.2. The second kappa shape index (κ2) is 10.0. The highest BCUT2D eigenvalue weighted by molar-refractivity contribution is 7.98. The predicted molar refractivity (Wildman–Crippen MR) is 105 cm³/mol. The van der Waals surface area contributed by atoms with E-state index in [4.69, 9.17) is 4.74 Å². The zero-order valence-corrected chi connectivity index (χ0v) is 16.5. The van der Waals surface area contributed by atoms with Gasteiger partial charge in [0.05, 0.1) is 13.2 Å². The third-order valence-electron chi connectivity index (χ3n) is 4.47. The van der Waals surface area contributed by atoms with Crippen LogP contribution in [0.5, 0.6) is 0 Å². The van der Waals surface area contributed by atoms with Gasteiger partial charge in [-0.2, -0.15) is 11.8 Å². The second-order valence-corrected chi connectivity index (χ2v) is 8.16. The molecular formula is C19H31N3O2S. The Hall–Kier alpha value is -1.24. The Kier molecular flexibility index (Phi) is 8.06. The molecule has 0 aromatic heterocycles. The van der Waals surface area contributed by atoms with Crippen LogP contribution in [0.2, 0.25) is 0 Å². The van der Waals surface area contributed by atoms with E-state index in [2.05, 4.69) is 60.6 Å². The van der Waals surface area contributed by atoms with E-state index in [1.807, 2.05) is 11.8 Å². The van der Waals surface area contributed by atoms with Crippen LogP contribution in [-0.2, 0) is 10.5 Å². The van der Waals surface area contributed by atoms with Gasteiger partial charge in [0.25, 0.3) is 0 Å². The number of morpholine rings is 1. The summed E-state index contributed by atoms with van der Waals surface area (Å²) in [4.78, 5) is 14.3. The SMILES string of the molecule is Cc1ccc(CSCCNC(=O)NCC(C)(C)N2CCOCC2)cc1. The van der Waals surface area contributed by atoms with Crippen molar-refractivity contribution in [1.29, 1.82) is 0 Å². The number of nitrogens with zero attached hydrogens (tertiary/aromatic N) is 1. The average molecular weight is 366 g/mol. The third-order valence-corrected chi connectivity index (χ3v) is 5.50. The van der Waals surface area contributed by atoms with Crippen LogP contribution in [0, 0.1) is 6.92 Å². The summed E-state index contributed by atoms with van der Waals surface area (Å²) in [5.74, 6) is 1.89. The average Bonchev–Trinajstić information content (AvgIpc) is 2.62. The van der Waals surface area contributed by atoms with Crippen LogP contribution >= 0.6 is 11.8 Å². The molecule has 0 saturated carbocycles. The Labute approximate surface area is 155 Å². The Morgan fingerprint density at radius 3 is 2.56 bits per heavy atom. The van der Waals surface area contributed by atoms with E-state index in [0.29, 0.717) is 13.1 Å². The molecule has 140 valence electrons. The summed E-state index contributed by atoms with van der Waals surface area (Å²) < 4.78 is 5.39.